The molecule has 0 aromatic carbocycles. The quantitative estimate of drug-likeness (QED) is 0.657. The van der Waals surface area contributed by atoms with Crippen molar-refractivity contribution < 1.29 is 9.59 Å². The van der Waals surface area contributed by atoms with Gasteiger partial charge in [-0.15, -0.1) is 0 Å². The van der Waals surface area contributed by atoms with Gasteiger partial charge in [-0.1, -0.05) is 13.8 Å². The number of hydrogen-bond donors (Lipinski definition) is 2. The molecule has 2 N–H and O–H groups in total. The zero-order valence-electron chi connectivity index (χ0n) is 12.5. The highest BCUT2D eigenvalue weighted by molar-refractivity contribution is 6.01. The van der Waals surface area contributed by atoms with Crippen molar-refractivity contribution in [3.05, 3.63) is 0 Å². The highest BCUT2D eigenvalue weighted by Gasteiger charge is 2.28. The van der Waals surface area contributed by atoms with Gasteiger partial charge in [0.2, 0.25) is 5.91 Å². The van der Waals surface area contributed by atoms with Gasteiger partial charge in [-0.2, -0.15) is 0 Å². The first-order valence-corrected chi connectivity index (χ1v) is 7.60. The molecule has 6 heteroatoms. The van der Waals surface area contributed by atoms with Crippen molar-refractivity contribution in [3.63, 3.8) is 0 Å². The first-order chi connectivity index (χ1) is 9.56. The van der Waals surface area contributed by atoms with E-state index in [0.717, 1.165) is 26.2 Å². The van der Waals surface area contributed by atoms with Crippen molar-refractivity contribution in [2.75, 3.05) is 39.3 Å². The van der Waals surface area contributed by atoms with Gasteiger partial charge in [0.15, 0.2) is 0 Å². The molecule has 3 amide bonds. The molecule has 0 spiro atoms. The van der Waals surface area contributed by atoms with Crippen LogP contribution in [0.1, 0.15) is 26.7 Å². The molecule has 2 aliphatic rings. The molecule has 0 radical (unpaired) electrons. The molecule has 2 rings (SSSR count). The maximum Gasteiger partial charge on any atom is 0.324 e. The standard InChI is InChI=1S/C14H26N4O2/c1-11(2)9-17(10-12-4-3-5-15-12)6-7-18-13(19)8-16-14(18)20/h11-12,15H,3-10H2,1-2H3,(H,16,20). The summed E-state index contributed by atoms with van der Waals surface area (Å²) in [4.78, 5) is 26.8. The van der Waals surface area contributed by atoms with Crippen molar-refractivity contribution in [2.45, 2.75) is 32.7 Å². The molecule has 0 aromatic heterocycles. The molecule has 2 aliphatic heterocycles. The lowest BCUT2D eigenvalue weighted by Gasteiger charge is -2.28. The number of carbonyl (C=O) groups excluding carboxylic acids is 2. The lowest BCUT2D eigenvalue weighted by molar-refractivity contribution is -0.125. The van der Waals surface area contributed by atoms with Crippen LogP contribution >= 0.6 is 0 Å². The fourth-order valence-electron chi connectivity index (χ4n) is 2.92. The Bertz CT molecular complexity index is 337. The van der Waals surface area contributed by atoms with Gasteiger partial charge in [0, 0.05) is 32.2 Å². The first kappa shape index (κ1) is 15.3. The van der Waals surface area contributed by atoms with Gasteiger partial charge in [-0.05, 0) is 25.3 Å². The number of amides is 3. The molecule has 20 heavy (non-hydrogen) atoms. The van der Waals surface area contributed by atoms with E-state index in [-0.39, 0.29) is 18.5 Å². The summed E-state index contributed by atoms with van der Waals surface area (Å²) in [6.45, 7) is 8.90. The smallest absolute Gasteiger partial charge is 0.324 e. The van der Waals surface area contributed by atoms with Gasteiger partial charge in [0.1, 0.15) is 0 Å². The average Bonchev–Trinajstić information content (AvgIpc) is 2.98. The monoisotopic (exact) mass is 282 g/mol. The predicted octanol–water partition coefficient (Wildman–Crippen LogP) is 0.248. The summed E-state index contributed by atoms with van der Waals surface area (Å²) < 4.78 is 0. The van der Waals surface area contributed by atoms with Crippen LogP contribution in [0.25, 0.3) is 0 Å². The molecule has 1 atom stereocenters. The number of imide groups is 1. The number of carbonyl (C=O) groups is 2. The fraction of sp³-hybridized carbons (Fsp3) is 0.857. The normalized spacial score (nSPS) is 23.2. The zero-order valence-corrected chi connectivity index (χ0v) is 12.5. The van der Waals surface area contributed by atoms with Crippen LogP contribution in [-0.2, 0) is 4.79 Å². The second-order valence-electron chi connectivity index (χ2n) is 6.15. The van der Waals surface area contributed by atoms with Crippen LogP contribution in [0, 0.1) is 5.92 Å². The van der Waals surface area contributed by atoms with E-state index >= 15 is 0 Å². The Morgan fingerprint density at radius 1 is 1.40 bits per heavy atom. The highest BCUT2D eigenvalue weighted by atomic mass is 16.2. The van der Waals surface area contributed by atoms with Crippen molar-refractivity contribution >= 4 is 11.9 Å². The Kier molecular flexibility index (Phi) is 5.37. The van der Waals surface area contributed by atoms with Crippen molar-refractivity contribution in [3.8, 4) is 0 Å². The van der Waals surface area contributed by atoms with E-state index in [0.29, 0.717) is 18.5 Å². The second-order valence-corrected chi connectivity index (χ2v) is 6.15. The Morgan fingerprint density at radius 2 is 2.20 bits per heavy atom. The summed E-state index contributed by atoms with van der Waals surface area (Å²) in [5.41, 5.74) is 0. The van der Waals surface area contributed by atoms with Crippen molar-refractivity contribution in [2.24, 2.45) is 5.92 Å². The molecule has 0 saturated carbocycles. The van der Waals surface area contributed by atoms with Gasteiger partial charge in [0.05, 0.1) is 6.54 Å². The topological polar surface area (TPSA) is 64.7 Å². The Balaban J connectivity index is 1.83. The second kappa shape index (κ2) is 7.04. The zero-order chi connectivity index (χ0) is 14.5. The first-order valence-electron chi connectivity index (χ1n) is 7.60. The number of hydrogen-bond acceptors (Lipinski definition) is 4. The molecule has 6 nitrogen and oxygen atoms in total. The van der Waals surface area contributed by atoms with E-state index in [1.807, 2.05) is 0 Å². The molecule has 0 aromatic rings. The number of rotatable bonds is 7. The van der Waals surface area contributed by atoms with E-state index < -0.39 is 0 Å². The molecule has 0 aliphatic carbocycles. The molecule has 1 unspecified atom stereocenters. The Morgan fingerprint density at radius 3 is 2.75 bits per heavy atom. The van der Waals surface area contributed by atoms with Crippen LogP contribution in [0.2, 0.25) is 0 Å². The molecular formula is C14H26N4O2. The molecule has 2 heterocycles. The summed E-state index contributed by atoms with van der Waals surface area (Å²) in [5, 5.41) is 6.07. The van der Waals surface area contributed by atoms with E-state index in [1.165, 1.54) is 17.7 Å². The SMILES string of the molecule is CC(C)CN(CCN1C(=O)CNC1=O)CC1CCCN1. The number of nitrogens with one attached hydrogen (secondary N) is 2. The van der Waals surface area contributed by atoms with E-state index in [4.69, 9.17) is 0 Å². The summed E-state index contributed by atoms with van der Waals surface area (Å²) in [5.74, 6) is 0.470. The number of nitrogens with zero attached hydrogens (tertiary/aromatic N) is 2. The van der Waals surface area contributed by atoms with Gasteiger partial charge >= 0.3 is 6.03 Å². The minimum atomic E-state index is -0.251. The van der Waals surface area contributed by atoms with E-state index in [9.17, 15) is 9.59 Å². The molecule has 2 fully saturated rings. The fourth-order valence-corrected chi connectivity index (χ4v) is 2.92. The summed E-state index contributed by atoms with van der Waals surface area (Å²) in [7, 11) is 0. The average molecular weight is 282 g/mol. The summed E-state index contributed by atoms with van der Waals surface area (Å²) >= 11 is 0. The minimum absolute atomic E-state index is 0.113. The van der Waals surface area contributed by atoms with Crippen LogP contribution in [0.5, 0.6) is 0 Å². The molecule has 2 saturated heterocycles. The largest absolute Gasteiger partial charge is 0.329 e. The lowest BCUT2D eigenvalue weighted by Crippen LogP contribution is -2.44. The highest BCUT2D eigenvalue weighted by Crippen LogP contribution is 2.09. The third-order valence-corrected chi connectivity index (χ3v) is 3.84. The van der Waals surface area contributed by atoms with Crippen LogP contribution in [0.15, 0.2) is 0 Å². The van der Waals surface area contributed by atoms with Crippen LogP contribution in [0.4, 0.5) is 4.79 Å². The molecule has 114 valence electrons. The summed E-state index contributed by atoms with van der Waals surface area (Å²) in [6.07, 6.45) is 2.46. The van der Waals surface area contributed by atoms with Gasteiger partial charge < -0.3 is 10.6 Å². The van der Waals surface area contributed by atoms with Gasteiger partial charge in [-0.25, -0.2) is 4.79 Å². The molecule has 0 bridgehead atoms. The number of urea groups is 1. The van der Waals surface area contributed by atoms with Crippen LogP contribution in [0.3, 0.4) is 0 Å². The van der Waals surface area contributed by atoms with Crippen molar-refractivity contribution in [1.29, 1.82) is 0 Å². The maximum atomic E-state index is 11.6. The maximum absolute atomic E-state index is 11.6. The van der Waals surface area contributed by atoms with Crippen LogP contribution in [-0.4, -0.2) is 67.0 Å². The van der Waals surface area contributed by atoms with Crippen LogP contribution < -0.4 is 10.6 Å². The third-order valence-electron chi connectivity index (χ3n) is 3.84. The predicted molar refractivity (Wildman–Crippen MR) is 77.4 cm³/mol. The Labute approximate surface area is 120 Å². The third kappa shape index (κ3) is 4.18. The van der Waals surface area contributed by atoms with Crippen molar-refractivity contribution in [1.82, 2.24) is 20.4 Å². The Hall–Kier alpha value is -1.14. The summed E-state index contributed by atoms with van der Waals surface area (Å²) in [6, 6.07) is 0.301. The molecular weight excluding hydrogens is 256 g/mol. The van der Waals surface area contributed by atoms with E-state index in [2.05, 4.69) is 29.4 Å². The minimum Gasteiger partial charge on any atom is -0.329 e. The van der Waals surface area contributed by atoms with Gasteiger partial charge in [-0.3, -0.25) is 14.6 Å². The van der Waals surface area contributed by atoms with Gasteiger partial charge in [0.25, 0.3) is 0 Å². The van der Waals surface area contributed by atoms with E-state index in [1.54, 1.807) is 0 Å². The lowest BCUT2D eigenvalue weighted by atomic mass is 10.1.